The molecule has 0 aromatic carbocycles. The Kier molecular flexibility index (Phi) is 244. The summed E-state index contributed by atoms with van der Waals surface area (Å²) in [7, 11) is 0. The van der Waals surface area contributed by atoms with Crippen LogP contribution in [0.2, 0.25) is 0 Å². The fraction of sp³-hybridized carbons (Fsp3) is 0. The summed E-state index contributed by atoms with van der Waals surface area (Å²) in [6.07, 6.45) is -36.7. The molecule has 0 saturated carbocycles. The third kappa shape index (κ3) is 2080. The molecule has 488 valence electrons. The van der Waals surface area contributed by atoms with Gasteiger partial charge in [-0.3, -0.25) is 0 Å². The Morgan fingerprint density at radius 3 is 0.0976 bits per heavy atom. The summed E-state index contributed by atoms with van der Waals surface area (Å²) in [5.74, 6) is 0. The molecule has 60 nitrogen and oxygen atoms in total. The second kappa shape index (κ2) is 138. The van der Waals surface area contributed by atoms with Crippen LogP contribution in [0, 0.1) is 0 Å². The van der Waals surface area contributed by atoms with Gasteiger partial charge in [0, 0.05) is 0 Å². The van der Waals surface area contributed by atoms with E-state index in [0.29, 0.717) is 0 Å². The van der Waals surface area contributed by atoms with Gasteiger partial charge in [-0.05, 0) is 0 Å². The quantitative estimate of drug-likeness (QED) is 0.152. The van der Waals surface area contributed by atoms with Crippen molar-refractivity contribution in [1.29, 1.82) is 0 Å². The molecular weight excluding hydrogens is 1280 g/mol. The van der Waals surface area contributed by atoms with Gasteiger partial charge >= 0.3 is 199 Å². The van der Waals surface area contributed by atoms with Crippen LogP contribution in [-0.2, 0) is 0 Å². The zero-order chi connectivity index (χ0) is 71.5. The first-order valence-electron chi connectivity index (χ1n) is 13.0. The van der Waals surface area contributed by atoms with Gasteiger partial charge in [0.25, 0.3) is 0 Å². The molecule has 0 amide bonds. The van der Waals surface area contributed by atoms with E-state index in [0.717, 1.165) is 0 Å². The molecule has 0 unspecified atom stereocenters. The van der Waals surface area contributed by atoms with Gasteiger partial charge in [0.1, 0.15) is 0 Å². The number of carbonyl (C=O) groups is 20. The first-order chi connectivity index (χ1) is 34.6. The fourth-order valence-electron chi connectivity index (χ4n) is 0. The second-order valence-corrected chi connectivity index (χ2v) is 5.65. The third-order valence-electron chi connectivity index (χ3n) is 0. The van der Waals surface area contributed by atoms with Crippen LogP contribution in [0.25, 0.3) is 0 Å². The first-order valence-corrected chi connectivity index (χ1v) is 13.0. The fourth-order valence-corrected chi connectivity index (χ4v) is 0. The minimum atomic E-state index is -1.83. The molecule has 0 bridgehead atoms. The van der Waals surface area contributed by atoms with Crippen molar-refractivity contribution in [3.63, 3.8) is 0 Å². The van der Waals surface area contributed by atoms with Crippen LogP contribution in [0.15, 0.2) is 0 Å². The van der Waals surface area contributed by atoms with Crippen LogP contribution >= 0.6 is 0 Å². The number of hydrogen-bond acceptors (Lipinski definition) is 20. The van der Waals surface area contributed by atoms with E-state index in [1.165, 1.54) is 0 Å². The molecule has 0 saturated heterocycles. The van der Waals surface area contributed by atoms with Crippen LogP contribution in [0.1, 0.15) is 5.71 Å². The number of carboxylic acid groups (broad SMARTS) is 40. The van der Waals surface area contributed by atoms with Crippen LogP contribution in [0.5, 0.6) is 0 Å². The maximum absolute atomic E-state index is 8.56. The summed E-state index contributed by atoms with van der Waals surface area (Å²) in [5.41, 5.74) is 0. The Hall–Kier alpha value is -12.1. The van der Waals surface area contributed by atoms with Crippen molar-refractivity contribution in [2.24, 2.45) is 0 Å². The molecule has 0 spiro atoms. The van der Waals surface area contributed by atoms with E-state index >= 15 is 0 Å². The molecule has 0 aliphatic heterocycles. The minimum Gasteiger partial charge on any atom is -1.00 e. The standard InChI is InChI=1S/20CH2O3.2Ca.4H/c20*2-1(3)4;;;;;;/h20*(H2,2,3,4);;;;;;/q;;;;;;;;;;;;;;;;;;;;2*+2;4*-1. The normalized spacial score (nSPS) is 5.85. The summed E-state index contributed by atoms with van der Waals surface area (Å²) in [4.78, 5) is 171. The Morgan fingerprint density at radius 1 is 0.0976 bits per heavy atom. The van der Waals surface area contributed by atoms with Crippen LogP contribution in [0.4, 0.5) is 95.9 Å². The van der Waals surface area contributed by atoms with Crippen molar-refractivity contribution in [1.82, 2.24) is 0 Å². The van der Waals surface area contributed by atoms with Crippen LogP contribution in [0.3, 0.4) is 0 Å². The molecule has 40 N–H and O–H groups in total. The summed E-state index contributed by atoms with van der Waals surface area (Å²) >= 11 is 0. The average Bonchev–Trinajstić information content (AvgIpc) is 2.99. The Labute approximate surface area is 502 Å². The van der Waals surface area contributed by atoms with Crippen LogP contribution < -0.4 is 0 Å². The molecule has 0 fully saturated rings. The summed E-state index contributed by atoms with van der Waals surface area (Å²) in [6.45, 7) is 0. The molecule has 0 aromatic rings. The van der Waals surface area contributed by atoms with E-state index in [9.17, 15) is 0 Å². The zero-order valence-corrected chi connectivity index (χ0v) is 41.9. The molecule has 0 aliphatic rings. The van der Waals surface area contributed by atoms with E-state index in [2.05, 4.69) is 0 Å². The van der Waals surface area contributed by atoms with Crippen LogP contribution in [-0.4, -0.2) is 403 Å². The van der Waals surface area contributed by atoms with Crippen molar-refractivity contribution in [3.8, 4) is 0 Å². The smallest absolute Gasteiger partial charge is 1.00 e. The topological polar surface area (TPSA) is 1150 Å². The van der Waals surface area contributed by atoms with E-state index in [1.807, 2.05) is 0 Å². The zero-order valence-electron chi connectivity index (χ0n) is 41.5. The molecule has 0 aromatic heterocycles. The van der Waals surface area contributed by atoms with E-state index in [-0.39, 0.29) is 81.2 Å². The van der Waals surface area contributed by atoms with Crippen molar-refractivity contribution in [2.45, 2.75) is 0 Å². The van der Waals surface area contributed by atoms with E-state index < -0.39 is 123 Å². The molecule has 0 heterocycles. The summed E-state index contributed by atoms with van der Waals surface area (Å²) in [6, 6.07) is 0. The summed E-state index contributed by atoms with van der Waals surface area (Å²) in [5, 5.41) is 279. The summed E-state index contributed by atoms with van der Waals surface area (Å²) < 4.78 is 0. The van der Waals surface area contributed by atoms with Gasteiger partial charge in [-0.25, -0.2) is 95.9 Å². The molecule has 0 aliphatic carbocycles. The molecule has 0 radical (unpaired) electrons. The third-order valence-corrected chi connectivity index (χ3v) is 0. The Bertz CT molecular complexity index is 1080. The largest absolute Gasteiger partial charge is 2.00 e. The molecule has 62 heteroatoms. The number of rotatable bonds is 0. The van der Waals surface area contributed by atoms with E-state index in [1.54, 1.807) is 0 Å². The predicted octanol–water partition coefficient (Wildman–Crippen LogP) is 4.14. The molecule has 0 atom stereocenters. The van der Waals surface area contributed by atoms with Crippen molar-refractivity contribution in [3.05, 3.63) is 0 Å². The van der Waals surface area contributed by atoms with Gasteiger partial charge in [0.2, 0.25) is 0 Å². The van der Waals surface area contributed by atoms with Gasteiger partial charge in [0.05, 0.1) is 0 Å². The van der Waals surface area contributed by atoms with E-state index in [4.69, 9.17) is 300 Å². The second-order valence-electron chi connectivity index (χ2n) is 5.65. The number of hydrogen-bond donors (Lipinski definition) is 40. The van der Waals surface area contributed by atoms with Gasteiger partial charge < -0.3 is 210 Å². The first kappa shape index (κ1) is 145. The molecule has 82 heavy (non-hydrogen) atoms. The Balaban J connectivity index is -0.0000000183. The SMILES string of the molecule is O=C(O)O.O=C(O)O.O=C(O)O.O=C(O)O.O=C(O)O.O=C(O)O.O=C(O)O.O=C(O)O.O=C(O)O.O=C(O)O.O=C(O)O.O=C(O)O.O=C(O)O.O=C(O)O.O=C(O)O.O=C(O)O.O=C(O)O.O=C(O)O.O=C(O)O.O=C(O)O.[Ca+2].[Ca+2].[H-].[H-].[H-].[H-]. The maximum atomic E-state index is 8.56. The van der Waals surface area contributed by atoms with Crippen molar-refractivity contribution >= 4 is 199 Å². The predicted molar refractivity (Wildman–Crippen MR) is 229 cm³/mol. The van der Waals surface area contributed by atoms with Gasteiger partial charge in [-0.1, -0.05) is 0 Å². The molecular formula is C20H44Ca2O60. The van der Waals surface area contributed by atoms with Crippen molar-refractivity contribution < 1.29 is 306 Å². The average molecular weight is 1320 g/mol. The molecule has 0 rings (SSSR count). The van der Waals surface area contributed by atoms with Gasteiger partial charge in [-0.15, -0.1) is 0 Å². The van der Waals surface area contributed by atoms with Gasteiger partial charge in [0.15, 0.2) is 0 Å². The van der Waals surface area contributed by atoms with Crippen molar-refractivity contribution in [2.75, 3.05) is 0 Å². The maximum Gasteiger partial charge on any atom is 2.00 e. The van der Waals surface area contributed by atoms with Gasteiger partial charge in [-0.2, -0.15) is 0 Å². The monoisotopic (exact) mass is 1320 g/mol. The minimum absolute atomic E-state index is 0. The Morgan fingerprint density at radius 2 is 0.0976 bits per heavy atom.